The van der Waals surface area contributed by atoms with Crippen LogP contribution in [0.2, 0.25) is 0 Å². The molecule has 31 heavy (non-hydrogen) atoms. The molecule has 1 fully saturated rings. The number of piperidine rings is 1. The first-order valence-electron chi connectivity index (χ1n) is 10.4. The van der Waals surface area contributed by atoms with Crippen molar-refractivity contribution in [3.63, 3.8) is 0 Å². The average Bonchev–Trinajstić information content (AvgIpc) is 2.80. The highest BCUT2D eigenvalue weighted by atomic mass is 16.6. The molecule has 0 bridgehead atoms. The van der Waals surface area contributed by atoms with Crippen LogP contribution < -0.4 is 31.0 Å². The first kappa shape index (κ1) is 22.5. The summed E-state index contributed by atoms with van der Waals surface area (Å²) in [5.41, 5.74) is 0.690. The molecule has 2 aromatic carbocycles. The highest BCUT2D eigenvalue weighted by molar-refractivity contribution is 5.74. The molecular weight excluding hydrogens is 402 g/mol. The van der Waals surface area contributed by atoms with Crippen molar-refractivity contribution in [3.8, 4) is 11.5 Å². The molecule has 0 unspecified atom stereocenters. The van der Waals surface area contributed by atoms with E-state index in [-0.39, 0.29) is 12.1 Å². The Morgan fingerprint density at radius 1 is 1.06 bits per heavy atom. The summed E-state index contributed by atoms with van der Waals surface area (Å²) in [6.45, 7) is 3.72. The zero-order valence-corrected chi connectivity index (χ0v) is 18.2. The summed E-state index contributed by atoms with van der Waals surface area (Å²) in [5.74, 6) is 1.30. The number of carbonyl (C=O) groups excluding carboxylic acids is 1. The number of hydrogen-bond acceptors (Lipinski definition) is 8. The van der Waals surface area contributed by atoms with Gasteiger partial charge in [-0.2, -0.15) is 0 Å². The van der Waals surface area contributed by atoms with E-state index in [1.54, 1.807) is 26.0 Å². The molecule has 2 aromatic rings. The molecule has 0 atom stereocenters. The van der Waals surface area contributed by atoms with Gasteiger partial charge in [0, 0.05) is 25.7 Å². The van der Waals surface area contributed by atoms with Gasteiger partial charge in [-0.1, -0.05) is 6.07 Å². The van der Waals surface area contributed by atoms with Crippen molar-refractivity contribution in [1.29, 1.82) is 0 Å². The van der Waals surface area contributed by atoms with Crippen LogP contribution in [0.4, 0.5) is 16.2 Å². The second-order valence-corrected chi connectivity index (χ2v) is 7.38. The average molecular weight is 431 g/mol. The van der Waals surface area contributed by atoms with Gasteiger partial charge in [-0.05, 0) is 43.9 Å². The van der Waals surface area contributed by atoms with E-state index in [4.69, 9.17) is 14.2 Å². The molecule has 9 nitrogen and oxygen atoms in total. The molecule has 1 heterocycles. The molecule has 0 aliphatic carbocycles. The number of rotatable bonds is 9. The van der Waals surface area contributed by atoms with E-state index in [1.807, 2.05) is 18.2 Å². The Balaban J connectivity index is 1.53. The minimum Gasteiger partial charge on any atom is -0.493 e. The predicted molar refractivity (Wildman–Crippen MR) is 118 cm³/mol. The number of benzene rings is 1. The molecule has 3 rings (SSSR count). The van der Waals surface area contributed by atoms with E-state index >= 15 is 0 Å². The third-order valence-corrected chi connectivity index (χ3v) is 5.44. The summed E-state index contributed by atoms with van der Waals surface area (Å²) >= 11 is 0. The van der Waals surface area contributed by atoms with Gasteiger partial charge in [-0.15, -0.1) is 0 Å². The molecule has 0 saturated carbocycles. The van der Waals surface area contributed by atoms with Gasteiger partial charge < -0.3 is 29.7 Å². The summed E-state index contributed by atoms with van der Waals surface area (Å²) in [7, 11) is 3.17. The van der Waals surface area contributed by atoms with Gasteiger partial charge in [0.25, 0.3) is 10.9 Å². The molecule has 1 saturated heterocycles. The van der Waals surface area contributed by atoms with Gasteiger partial charge in [-0.3, -0.25) is 9.59 Å². The lowest BCUT2D eigenvalue weighted by Crippen LogP contribution is -2.45. The molecule has 2 N–H and O–H groups in total. The van der Waals surface area contributed by atoms with Crippen molar-refractivity contribution in [2.24, 2.45) is 0 Å². The Morgan fingerprint density at radius 2 is 1.74 bits per heavy atom. The summed E-state index contributed by atoms with van der Waals surface area (Å²) < 4.78 is 15.6. The first-order valence-corrected chi connectivity index (χ1v) is 10.4. The van der Waals surface area contributed by atoms with Crippen LogP contribution in [0.1, 0.15) is 25.3 Å². The number of hydrogen-bond donors (Lipinski definition) is 2. The minimum atomic E-state index is -0.501. The Bertz CT molecular complexity index is 974. The standard InChI is InChI=1S/C22H29N3O6/c1-4-31-22(28)25-11-8-15(9-12-25)24-19-18(20(26)21(19)27)23-10-7-14-5-6-16(29-2)17(13-14)30-3/h5-6,13,15,23-24H,4,7-12H2,1-3H3. The highest BCUT2D eigenvalue weighted by Crippen LogP contribution is 2.28. The van der Waals surface area contributed by atoms with Gasteiger partial charge in [0.1, 0.15) is 11.4 Å². The molecule has 0 aromatic heterocycles. The molecule has 1 amide bonds. The lowest BCUT2D eigenvalue weighted by atomic mass is 10.0. The number of amides is 1. The maximum absolute atomic E-state index is 12.1. The van der Waals surface area contributed by atoms with Gasteiger partial charge >= 0.3 is 6.09 Å². The molecule has 1 aliphatic rings. The summed E-state index contributed by atoms with van der Waals surface area (Å²) in [6, 6.07) is 5.68. The number of nitrogens with zero attached hydrogens (tertiary/aromatic N) is 1. The smallest absolute Gasteiger partial charge is 0.409 e. The third kappa shape index (κ3) is 5.10. The fraction of sp³-hybridized carbons (Fsp3) is 0.500. The molecule has 168 valence electrons. The Morgan fingerprint density at radius 3 is 2.39 bits per heavy atom. The summed E-state index contributed by atoms with van der Waals surface area (Å²) in [4.78, 5) is 37.6. The van der Waals surface area contributed by atoms with E-state index < -0.39 is 10.9 Å². The zero-order valence-electron chi connectivity index (χ0n) is 18.2. The Labute approximate surface area is 181 Å². The van der Waals surface area contributed by atoms with E-state index in [9.17, 15) is 14.4 Å². The maximum Gasteiger partial charge on any atom is 0.409 e. The van der Waals surface area contributed by atoms with Crippen molar-refractivity contribution in [2.75, 3.05) is 51.1 Å². The molecule has 0 spiro atoms. The number of nitrogens with one attached hydrogen (secondary N) is 2. The maximum atomic E-state index is 12.1. The van der Waals surface area contributed by atoms with Gasteiger partial charge in [0.2, 0.25) is 0 Å². The van der Waals surface area contributed by atoms with Gasteiger partial charge in [-0.25, -0.2) is 4.79 Å². The van der Waals surface area contributed by atoms with Crippen molar-refractivity contribution < 1.29 is 19.0 Å². The Kier molecular flexibility index (Phi) is 7.38. The van der Waals surface area contributed by atoms with Crippen LogP contribution in [0.25, 0.3) is 0 Å². The molecule has 0 radical (unpaired) electrons. The van der Waals surface area contributed by atoms with Crippen molar-refractivity contribution in [2.45, 2.75) is 32.2 Å². The fourth-order valence-corrected chi connectivity index (χ4v) is 3.69. The van der Waals surface area contributed by atoms with Crippen LogP contribution in [0.5, 0.6) is 11.5 Å². The largest absolute Gasteiger partial charge is 0.493 e. The predicted octanol–water partition coefficient (Wildman–Crippen LogP) is 1.99. The number of carbonyl (C=O) groups is 1. The van der Waals surface area contributed by atoms with Crippen LogP contribution in [-0.4, -0.2) is 57.5 Å². The highest BCUT2D eigenvalue weighted by Gasteiger charge is 2.27. The van der Waals surface area contributed by atoms with Crippen LogP contribution in [0.15, 0.2) is 27.8 Å². The van der Waals surface area contributed by atoms with Crippen molar-refractivity contribution in [1.82, 2.24) is 4.90 Å². The fourth-order valence-electron chi connectivity index (χ4n) is 3.69. The number of ether oxygens (including phenoxy) is 3. The molecule has 1 aliphatic heterocycles. The van der Waals surface area contributed by atoms with E-state index in [0.717, 1.165) is 5.56 Å². The van der Waals surface area contributed by atoms with Crippen molar-refractivity contribution in [3.05, 3.63) is 44.2 Å². The summed E-state index contributed by atoms with van der Waals surface area (Å²) in [6.07, 6.45) is 1.70. The topological polar surface area (TPSA) is 106 Å². The quantitative estimate of drug-likeness (QED) is 0.581. The van der Waals surface area contributed by atoms with Crippen LogP contribution >= 0.6 is 0 Å². The van der Waals surface area contributed by atoms with E-state index in [0.29, 0.717) is 68.4 Å². The molecule has 9 heteroatoms. The van der Waals surface area contributed by atoms with E-state index in [2.05, 4.69) is 10.6 Å². The van der Waals surface area contributed by atoms with Crippen molar-refractivity contribution >= 4 is 17.5 Å². The zero-order chi connectivity index (χ0) is 22.4. The third-order valence-electron chi connectivity index (χ3n) is 5.44. The van der Waals surface area contributed by atoms with Crippen LogP contribution in [-0.2, 0) is 11.2 Å². The Hall–Kier alpha value is -3.23. The molecular formula is C22H29N3O6. The lowest BCUT2D eigenvalue weighted by Gasteiger charge is -2.32. The number of likely N-dealkylation sites (tertiary alicyclic amines) is 1. The SMILES string of the molecule is CCOC(=O)N1CCC(Nc2c(NCCc3ccc(OC)c(OC)c3)c(=O)c2=O)CC1. The van der Waals surface area contributed by atoms with Gasteiger partial charge in [0.05, 0.1) is 20.8 Å². The number of methoxy groups -OCH3 is 2. The second kappa shape index (κ2) is 10.2. The number of anilines is 2. The lowest BCUT2D eigenvalue weighted by molar-refractivity contribution is 0.0983. The van der Waals surface area contributed by atoms with Crippen LogP contribution in [0, 0.1) is 0 Å². The van der Waals surface area contributed by atoms with Crippen LogP contribution in [0.3, 0.4) is 0 Å². The summed E-state index contributed by atoms with van der Waals surface area (Å²) in [5, 5.41) is 6.28. The minimum absolute atomic E-state index is 0.0281. The second-order valence-electron chi connectivity index (χ2n) is 7.38. The first-order chi connectivity index (χ1) is 15.0. The van der Waals surface area contributed by atoms with E-state index in [1.165, 1.54) is 0 Å². The normalized spacial score (nSPS) is 14.4. The van der Waals surface area contributed by atoms with Gasteiger partial charge in [0.15, 0.2) is 11.5 Å². The monoisotopic (exact) mass is 431 g/mol.